The fourth-order valence-electron chi connectivity index (χ4n) is 3.28. The number of carbonyl (C=O) groups excluding carboxylic acids is 3. The van der Waals surface area contributed by atoms with E-state index in [1.54, 1.807) is 32.3 Å². The summed E-state index contributed by atoms with van der Waals surface area (Å²) >= 11 is 1.30. The molecule has 0 atom stereocenters. The van der Waals surface area contributed by atoms with Gasteiger partial charge in [-0.15, -0.1) is 11.3 Å². The molecule has 0 radical (unpaired) electrons. The van der Waals surface area contributed by atoms with Crippen molar-refractivity contribution in [3.63, 3.8) is 0 Å². The summed E-state index contributed by atoms with van der Waals surface area (Å²) in [5, 5.41) is 4.10. The van der Waals surface area contributed by atoms with E-state index in [1.807, 2.05) is 9.80 Å². The van der Waals surface area contributed by atoms with Crippen molar-refractivity contribution in [3.05, 3.63) is 46.2 Å². The van der Waals surface area contributed by atoms with Crippen molar-refractivity contribution in [2.75, 3.05) is 40.3 Å². The molecule has 0 spiro atoms. The van der Waals surface area contributed by atoms with Gasteiger partial charge in [-0.05, 0) is 12.1 Å². The molecule has 148 valence electrons. The number of thiophene rings is 1. The SMILES string of the molecule is CN(C)C(=O)c1ccc(-c2cc(C3=C(N4CC4)C(=O)C=C(N4CC4)C3=O)no2)s1. The van der Waals surface area contributed by atoms with Crippen LogP contribution in [0.5, 0.6) is 0 Å². The summed E-state index contributed by atoms with van der Waals surface area (Å²) in [6.45, 7) is 3.05. The van der Waals surface area contributed by atoms with Crippen LogP contribution in [-0.2, 0) is 9.59 Å². The number of aromatic nitrogens is 1. The standard InChI is InChI=1S/C20H18N4O4S/c1-22(2)20(27)16-4-3-15(29-16)14-9-11(21-28-14)17-18(24-7-8-24)13(25)10-12(19(17)26)23-5-6-23/h3-4,9-10H,5-8H2,1-2H3. The molecule has 2 fully saturated rings. The van der Waals surface area contributed by atoms with E-state index in [4.69, 9.17) is 4.52 Å². The summed E-state index contributed by atoms with van der Waals surface area (Å²) in [4.78, 5) is 44.6. The average molecular weight is 410 g/mol. The van der Waals surface area contributed by atoms with E-state index in [-0.39, 0.29) is 17.5 Å². The fourth-order valence-corrected chi connectivity index (χ4v) is 4.26. The van der Waals surface area contributed by atoms with Gasteiger partial charge in [-0.3, -0.25) is 14.4 Å². The van der Waals surface area contributed by atoms with Crippen molar-refractivity contribution in [1.29, 1.82) is 0 Å². The van der Waals surface area contributed by atoms with Gasteiger partial charge in [-0.2, -0.15) is 0 Å². The van der Waals surface area contributed by atoms with Crippen LogP contribution in [0.25, 0.3) is 16.2 Å². The molecule has 0 aromatic carbocycles. The first-order valence-corrected chi connectivity index (χ1v) is 10.1. The Morgan fingerprint density at radius 2 is 1.86 bits per heavy atom. The average Bonchev–Trinajstić information content (AvgIpc) is 3.61. The van der Waals surface area contributed by atoms with E-state index in [9.17, 15) is 14.4 Å². The molecule has 2 aliphatic heterocycles. The lowest BCUT2D eigenvalue weighted by Crippen LogP contribution is -2.25. The molecule has 9 heteroatoms. The Hall–Kier alpha value is -3.20. The number of ketones is 2. The van der Waals surface area contributed by atoms with Gasteiger partial charge in [-0.25, -0.2) is 0 Å². The number of Topliss-reactive ketones (excluding diaryl/α,β-unsaturated/α-hetero) is 1. The van der Waals surface area contributed by atoms with Crippen LogP contribution in [0.4, 0.5) is 0 Å². The van der Waals surface area contributed by atoms with Gasteiger partial charge in [0.25, 0.3) is 5.91 Å². The lowest BCUT2D eigenvalue weighted by molar-refractivity contribution is -0.115. The van der Waals surface area contributed by atoms with Gasteiger partial charge in [0.1, 0.15) is 5.69 Å². The van der Waals surface area contributed by atoms with Crippen molar-refractivity contribution in [2.45, 2.75) is 0 Å². The van der Waals surface area contributed by atoms with E-state index >= 15 is 0 Å². The zero-order valence-electron chi connectivity index (χ0n) is 16.0. The molecule has 3 aliphatic rings. The summed E-state index contributed by atoms with van der Waals surface area (Å²) < 4.78 is 5.49. The van der Waals surface area contributed by atoms with Crippen LogP contribution in [0.2, 0.25) is 0 Å². The Bertz CT molecular complexity index is 1120. The number of hydrogen-bond acceptors (Lipinski definition) is 8. The van der Waals surface area contributed by atoms with Crippen LogP contribution >= 0.6 is 11.3 Å². The molecule has 4 heterocycles. The Morgan fingerprint density at radius 3 is 2.52 bits per heavy atom. The molecule has 0 unspecified atom stereocenters. The summed E-state index contributed by atoms with van der Waals surface area (Å²) in [6, 6.07) is 5.20. The summed E-state index contributed by atoms with van der Waals surface area (Å²) in [7, 11) is 3.39. The lowest BCUT2D eigenvalue weighted by Gasteiger charge is -2.19. The highest BCUT2D eigenvalue weighted by Crippen LogP contribution is 2.37. The zero-order chi connectivity index (χ0) is 20.3. The highest BCUT2D eigenvalue weighted by Gasteiger charge is 2.41. The number of amides is 1. The quantitative estimate of drug-likeness (QED) is 0.545. The number of rotatable bonds is 5. The Morgan fingerprint density at radius 1 is 1.14 bits per heavy atom. The molecule has 0 bridgehead atoms. The van der Waals surface area contributed by atoms with Crippen molar-refractivity contribution < 1.29 is 18.9 Å². The largest absolute Gasteiger partial charge is 0.365 e. The van der Waals surface area contributed by atoms with Crippen molar-refractivity contribution in [2.24, 2.45) is 0 Å². The summed E-state index contributed by atoms with van der Waals surface area (Å²) in [6.07, 6.45) is 1.44. The minimum Gasteiger partial charge on any atom is -0.365 e. The second-order valence-corrected chi connectivity index (χ2v) is 8.44. The Labute approximate surface area is 170 Å². The number of hydrogen-bond donors (Lipinski definition) is 0. The fraction of sp³-hybridized carbons (Fsp3) is 0.300. The molecule has 2 aromatic heterocycles. The third-order valence-electron chi connectivity index (χ3n) is 4.98. The molecular formula is C20H18N4O4S. The Balaban J connectivity index is 1.52. The molecular weight excluding hydrogens is 392 g/mol. The first-order chi connectivity index (χ1) is 13.9. The minimum atomic E-state index is -0.196. The van der Waals surface area contributed by atoms with E-state index < -0.39 is 0 Å². The molecule has 0 N–H and O–H groups in total. The molecule has 29 heavy (non-hydrogen) atoms. The molecule has 8 nitrogen and oxygen atoms in total. The number of allylic oxidation sites excluding steroid dienone is 2. The van der Waals surface area contributed by atoms with Crippen LogP contribution in [-0.4, -0.2) is 77.6 Å². The van der Waals surface area contributed by atoms with Crippen molar-refractivity contribution in [3.8, 4) is 10.6 Å². The first kappa shape index (κ1) is 17.9. The maximum atomic E-state index is 13.1. The van der Waals surface area contributed by atoms with Gasteiger partial charge >= 0.3 is 0 Å². The maximum Gasteiger partial charge on any atom is 0.263 e. The van der Waals surface area contributed by atoms with Crippen molar-refractivity contribution >= 4 is 34.4 Å². The van der Waals surface area contributed by atoms with Crippen LogP contribution in [0.15, 0.2) is 40.2 Å². The lowest BCUT2D eigenvalue weighted by atomic mass is 9.94. The molecule has 1 aliphatic carbocycles. The maximum absolute atomic E-state index is 13.1. The van der Waals surface area contributed by atoms with Crippen molar-refractivity contribution in [1.82, 2.24) is 19.9 Å². The second-order valence-electron chi connectivity index (χ2n) is 7.36. The highest BCUT2D eigenvalue weighted by atomic mass is 32.1. The van der Waals surface area contributed by atoms with Gasteiger partial charge in [0.05, 0.1) is 26.7 Å². The topological polar surface area (TPSA) is 86.5 Å². The summed E-state index contributed by atoms with van der Waals surface area (Å²) in [5.41, 5.74) is 1.47. The second kappa shape index (κ2) is 6.41. The summed E-state index contributed by atoms with van der Waals surface area (Å²) in [5.74, 6) is 0.00871. The van der Waals surface area contributed by atoms with Gasteiger partial charge < -0.3 is 19.2 Å². The van der Waals surface area contributed by atoms with Crippen LogP contribution in [0, 0.1) is 0 Å². The van der Waals surface area contributed by atoms with Crippen LogP contribution < -0.4 is 0 Å². The third kappa shape index (κ3) is 3.07. The zero-order valence-corrected chi connectivity index (χ0v) is 16.8. The van der Waals surface area contributed by atoms with E-state index in [0.717, 1.165) is 31.1 Å². The highest BCUT2D eigenvalue weighted by molar-refractivity contribution is 7.17. The first-order valence-electron chi connectivity index (χ1n) is 9.28. The molecule has 2 aromatic rings. The number of carbonyl (C=O) groups is 3. The van der Waals surface area contributed by atoms with Crippen LogP contribution in [0.1, 0.15) is 15.4 Å². The van der Waals surface area contributed by atoms with Gasteiger partial charge in [0.2, 0.25) is 11.6 Å². The Kier molecular flexibility index (Phi) is 3.95. The van der Waals surface area contributed by atoms with Gasteiger partial charge in [0.15, 0.2) is 5.76 Å². The van der Waals surface area contributed by atoms with E-state index in [1.165, 1.54) is 22.3 Å². The van der Waals surface area contributed by atoms with Crippen LogP contribution in [0.3, 0.4) is 0 Å². The molecule has 5 rings (SSSR count). The smallest absolute Gasteiger partial charge is 0.263 e. The monoisotopic (exact) mass is 410 g/mol. The number of nitrogens with zero attached hydrogens (tertiary/aromatic N) is 4. The molecule has 0 saturated carbocycles. The molecule has 2 saturated heterocycles. The predicted molar refractivity (Wildman–Crippen MR) is 106 cm³/mol. The minimum absolute atomic E-state index is 0.0890. The third-order valence-corrected chi connectivity index (χ3v) is 6.07. The van der Waals surface area contributed by atoms with E-state index in [2.05, 4.69) is 5.16 Å². The normalized spacial score (nSPS) is 18.3. The van der Waals surface area contributed by atoms with E-state index in [0.29, 0.717) is 33.3 Å². The molecule has 1 amide bonds. The predicted octanol–water partition coefficient (Wildman–Crippen LogP) is 1.48. The van der Waals surface area contributed by atoms with Gasteiger partial charge in [-0.1, -0.05) is 5.16 Å². The van der Waals surface area contributed by atoms with Gasteiger partial charge in [0, 0.05) is 52.4 Å².